The van der Waals surface area contributed by atoms with E-state index in [2.05, 4.69) is 37.9 Å². The third kappa shape index (κ3) is 2.63. The lowest BCUT2D eigenvalue weighted by Gasteiger charge is -2.33. The Morgan fingerprint density at radius 3 is 2.75 bits per heavy atom. The van der Waals surface area contributed by atoms with Gasteiger partial charge in [-0.05, 0) is 32.2 Å². The second-order valence-electron chi connectivity index (χ2n) is 4.02. The monoisotopic (exact) mass is 167 g/mol. The molecule has 0 saturated carbocycles. The number of allylic oxidation sites excluding steroid dienone is 1. The fourth-order valence-electron chi connectivity index (χ4n) is 2.20. The van der Waals surface area contributed by atoms with Crippen LogP contribution in [-0.2, 0) is 0 Å². The average molecular weight is 167 g/mol. The smallest absolute Gasteiger partial charge is 0.00415 e. The average Bonchev–Trinajstić information content (AvgIpc) is 2.04. The highest BCUT2D eigenvalue weighted by atomic mass is 15.1. The van der Waals surface area contributed by atoms with E-state index >= 15 is 0 Å². The number of likely N-dealkylation sites (tertiary alicyclic amines) is 1. The Labute approximate surface area is 76.5 Å². The number of piperidine rings is 1. The van der Waals surface area contributed by atoms with Gasteiger partial charge in [0.05, 0.1) is 0 Å². The normalized spacial score (nSPS) is 32.9. The molecule has 1 saturated heterocycles. The minimum Gasteiger partial charge on any atom is -0.306 e. The molecule has 0 aromatic heterocycles. The summed E-state index contributed by atoms with van der Waals surface area (Å²) in [6.07, 6.45) is 7.28. The van der Waals surface area contributed by atoms with E-state index in [1.165, 1.54) is 25.9 Å². The third-order valence-corrected chi connectivity index (χ3v) is 2.79. The zero-order valence-electron chi connectivity index (χ0n) is 8.59. The molecule has 2 unspecified atom stereocenters. The van der Waals surface area contributed by atoms with Crippen molar-refractivity contribution in [3.05, 3.63) is 12.2 Å². The van der Waals surface area contributed by atoms with Gasteiger partial charge in [-0.1, -0.05) is 25.5 Å². The van der Waals surface area contributed by atoms with Crippen molar-refractivity contribution in [1.29, 1.82) is 0 Å². The molecule has 0 N–H and O–H groups in total. The molecule has 0 bridgehead atoms. The van der Waals surface area contributed by atoms with E-state index in [9.17, 15) is 0 Å². The SMILES string of the molecule is C/C=C\C1CC(CC)CN(C)C1. The predicted molar refractivity (Wildman–Crippen MR) is 54.2 cm³/mol. The number of hydrogen-bond donors (Lipinski definition) is 0. The molecular formula is C11H21N. The first-order chi connectivity index (χ1) is 5.76. The van der Waals surface area contributed by atoms with E-state index in [1.807, 2.05) is 0 Å². The van der Waals surface area contributed by atoms with Gasteiger partial charge in [0.2, 0.25) is 0 Å². The van der Waals surface area contributed by atoms with Crippen LogP contribution < -0.4 is 0 Å². The lowest BCUT2D eigenvalue weighted by Crippen LogP contribution is -2.36. The Hall–Kier alpha value is -0.300. The van der Waals surface area contributed by atoms with Crippen LogP contribution in [0.1, 0.15) is 26.7 Å². The van der Waals surface area contributed by atoms with E-state index in [4.69, 9.17) is 0 Å². The lowest BCUT2D eigenvalue weighted by atomic mass is 9.88. The number of hydrogen-bond acceptors (Lipinski definition) is 1. The molecule has 1 heterocycles. The first-order valence-corrected chi connectivity index (χ1v) is 5.07. The second-order valence-corrected chi connectivity index (χ2v) is 4.02. The molecule has 0 aromatic rings. The first kappa shape index (κ1) is 9.79. The Balaban J connectivity index is 2.45. The molecule has 1 aliphatic rings. The van der Waals surface area contributed by atoms with Crippen molar-refractivity contribution in [2.24, 2.45) is 11.8 Å². The molecule has 0 radical (unpaired) electrons. The van der Waals surface area contributed by atoms with Gasteiger partial charge in [-0.25, -0.2) is 0 Å². The summed E-state index contributed by atoms with van der Waals surface area (Å²) in [5.74, 6) is 1.73. The van der Waals surface area contributed by atoms with Gasteiger partial charge in [-0.3, -0.25) is 0 Å². The molecule has 0 spiro atoms. The fraction of sp³-hybridized carbons (Fsp3) is 0.818. The van der Waals surface area contributed by atoms with Gasteiger partial charge < -0.3 is 4.90 Å². The minimum absolute atomic E-state index is 0.804. The van der Waals surface area contributed by atoms with Gasteiger partial charge in [0.25, 0.3) is 0 Å². The summed E-state index contributed by atoms with van der Waals surface area (Å²) in [5.41, 5.74) is 0. The zero-order valence-corrected chi connectivity index (χ0v) is 8.59. The molecule has 1 heteroatoms. The predicted octanol–water partition coefficient (Wildman–Crippen LogP) is 2.54. The van der Waals surface area contributed by atoms with Crippen molar-refractivity contribution in [3.63, 3.8) is 0 Å². The summed E-state index contributed by atoms with van der Waals surface area (Å²) in [7, 11) is 2.23. The molecule has 0 aromatic carbocycles. The Morgan fingerprint density at radius 1 is 1.42 bits per heavy atom. The van der Waals surface area contributed by atoms with Crippen LogP contribution in [0, 0.1) is 11.8 Å². The van der Waals surface area contributed by atoms with Crippen LogP contribution in [0.4, 0.5) is 0 Å². The molecule has 70 valence electrons. The Bertz CT molecular complexity index is 151. The number of rotatable bonds is 2. The molecule has 1 nitrogen and oxygen atoms in total. The van der Waals surface area contributed by atoms with Gasteiger partial charge >= 0.3 is 0 Å². The van der Waals surface area contributed by atoms with Gasteiger partial charge in [0, 0.05) is 13.1 Å². The molecule has 0 aliphatic carbocycles. The van der Waals surface area contributed by atoms with Crippen LogP contribution in [0.3, 0.4) is 0 Å². The second kappa shape index (κ2) is 4.66. The number of nitrogens with zero attached hydrogens (tertiary/aromatic N) is 1. The minimum atomic E-state index is 0.804. The third-order valence-electron chi connectivity index (χ3n) is 2.79. The van der Waals surface area contributed by atoms with Crippen molar-refractivity contribution in [2.75, 3.05) is 20.1 Å². The maximum Gasteiger partial charge on any atom is 0.00415 e. The maximum atomic E-state index is 2.46. The van der Waals surface area contributed by atoms with Crippen LogP contribution in [0.15, 0.2) is 12.2 Å². The molecule has 1 fully saturated rings. The van der Waals surface area contributed by atoms with Crippen LogP contribution >= 0.6 is 0 Å². The highest BCUT2D eigenvalue weighted by Gasteiger charge is 2.21. The Morgan fingerprint density at radius 2 is 2.17 bits per heavy atom. The van der Waals surface area contributed by atoms with Crippen molar-refractivity contribution < 1.29 is 0 Å². The van der Waals surface area contributed by atoms with Crippen LogP contribution in [-0.4, -0.2) is 25.0 Å². The highest BCUT2D eigenvalue weighted by Crippen LogP contribution is 2.23. The largest absolute Gasteiger partial charge is 0.306 e. The van der Waals surface area contributed by atoms with E-state index in [1.54, 1.807) is 0 Å². The zero-order chi connectivity index (χ0) is 8.97. The van der Waals surface area contributed by atoms with Crippen molar-refractivity contribution in [2.45, 2.75) is 26.7 Å². The Kier molecular flexibility index (Phi) is 3.80. The summed E-state index contributed by atoms with van der Waals surface area (Å²) in [4.78, 5) is 2.46. The van der Waals surface area contributed by atoms with Gasteiger partial charge in [0.1, 0.15) is 0 Å². The van der Waals surface area contributed by atoms with Crippen LogP contribution in [0.5, 0.6) is 0 Å². The summed E-state index contributed by atoms with van der Waals surface area (Å²) >= 11 is 0. The van der Waals surface area contributed by atoms with Gasteiger partial charge in [-0.2, -0.15) is 0 Å². The van der Waals surface area contributed by atoms with Crippen molar-refractivity contribution in [3.8, 4) is 0 Å². The summed E-state index contributed by atoms with van der Waals surface area (Å²) in [6.45, 7) is 6.97. The highest BCUT2D eigenvalue weighted by molar-refractivity contribution is 4.91. The van der Waals surface area contributed by atoms with E-state index in [0.29, 0.717) is 0 Å². The molecule has 2 atom stereocenters. The van der Waals surface area contributed by atoms with E-state index < -0.39 is 0 Å². The van der Waals surface area contributed by atoms with Gasteiger partial charge in [0.15, 0.2) is 0 Å². The summed E-state index contributed by atoms with van der Waals surface area (Å²) < 4.78 is 0. The van der Waals surface area contributed by atoms with E-state index in [-0.39, 0.29) is 0 Å². The van der Waals surface area contributed by atoms with Crippen LogP contribution in [0.25, 0.3) is 0 Å². The van der Waals surface area contributed by atoms with Crippen LogP contribution in [0.2, 0.25) is 0 Å². The molecular weight excluding hydrogens is 146 g/mol. The lowest BCUT2D eigenvalue weighted by molar-refractivity contribution is 0.171. The summed E-state index contributed by atoms with van der Waals surface area (Å²) in [5, 5.41) is 0. The van der Waals surface area contributed by atoms with Gasteiger partial charge in [-0.15, -0.1) is 0 Å². The quantitative estimate of drug-likeness (QED) is 0.571. The summed E-state index contributed by atoms with van der Waals surface area (Å²) in [6, 6.07) is 0. The van der Waals surface area contributed by atoms with Crippen molar-refractivity contribution >= 4 is 0 Å². The molecule has 0 amide bonds. The molecule has 1 aliphatic heterocycles. The maximum absolute atomic E-state index is 2.46. The molecule has 1 rings (SSSR count). The molecule has 12 heavy (non-hydrogen) atoms. The van der Waals surface area contributed by atoms with E-state index in [0.717, 1.165) is 11.8 Å². The fourth-order valence-corrected chi connectivity index (χ4v) is 2.20. The standard InChI is InChI=1S/C11H21N/c1-4-6-11-7-10(5-2)8-12(3)9-11/h4,6,10-11H,5,7-9H2,1-3H3/b6-4-. The first-order valence-electron chi connectivity index (χ1n) is 5.07. The topological polar surface area (TPSA) is 3.24 Å². The van der Waals surface area contributed by atoms with Crippen molar-refractivity contribution in [1.82, 2.24) is 4.90 Å².